The van der Waals surface area contributed by atoms with Gasteiger partial charge in [-0.05, 0) is 74.9 Å². The number of alkyl carbamates (subject to hydrolysis) is 1. The molecule has 48 heavy (non-hydrogen) atoms. The van der Waals surface area contributed by atoms with Crippen LogP contribution in [0.5, 0.6) is 5.88 Å². The molecule has 2 saturated carbocycles. The van der Waals surface area contributed by atoms with Crippen molar-refractivity contribution in [2.75, 3.05) is 6.54 Å². The number of fused-ring (bicyclic) bond motifs is 3. The Hall–Kier alpha value is -4.32. The van der Waals surface area contributed by atoms with Crippen LogP contribution >= 0.6 is 11.3 Å². The number of benzene rings is 1. The van der Waals surface area contributed by atoms with Crippen LogP contribution in [-0.2, 0) is 19.1 Å². The highest BCUT2D eigenvalue weighted by molar-refractivity contribution is 7.13. The molecule has 252 valence electrons. The van der Waals surface area contributed by atoms with Gasteiger partial charge in [0.25, 0.3) is 0 Å². The molecule has 2 aliphatic heterocycles. The van der Waals surface area contributed by atoms with E-state index >= 15 is 0 Å². The molecule has 4 aliphatic rings. The second-order valence-corrected chi connectivity index (χ2v) is 14.3. The third-order valence-corrected chi connectivity index (χ3v) is 10.8. The Morgan fingerprint density at radius 3 is 2.56 bits per heavy atom. The molecule has 0 radical (unpaired) electrons. The number of carbonyl (C=O) groups excluding carboxylic acids is 4. The third-order valence-electron chi connectivity index (χ3n) is 9.94. The maximum atomic E-state index is 14.4. The maximum Gasteiger partial charge on any atom is 0.408 e. The largest absolute Gasteiger partial charge is 0.471 e. The summed E-state index contributed by atoms with van der Waals surface area (Å²) in [7, 11) is 0. The first kappa shape index (κ1) is 32.2. The maximum absolute atomic E-state index is 14.4. The summed E-state index contributed by atoms with van der Waals surface area (Å²) < 4.78 is 12.2. The average Bonchev–Trinajstić information content (AvgIpc) is 3.60. The minimum atomic E-state index is -0.986. The van der Waals surface area contributed by atoms with Crippen LogP contribution in [0.1, 0.15) is 70.6 Å². The Bertz CT molecular complexity index is 1690. The number of rotatable bonds is 6. The fraction of sp³-hybridized carbons (Fsp3) is 0.500. The molecule has 4 heterocycles. The van der Waals surface area contributed by atoms with Crippen LogP contribution in [0.4, 0.5) is 4.79 Å². The molecule has 2 N–H and O–H groups in total. The van der Waals surface area contributed by atoms with Crippen LogP contribution in [0.25, 0.3) is 21.6 Å². The zero-order valence-electron chi connectivity index (χ0n) is 26.8. The normalized spacial score (nSPS) is 28.8. The first-order valence-corrected chi connectivity index (χ1v) is 18.0. The van der Waals surface area contributed by atoms with E-state index in [0.717, 1.165) is 68.0 Å². The van der Waals surface area contributed by atoms with E-state index in [4.69, 9.17) is 19.4 Å². The standard InChI is InChI=1S/C36H41N5O6S/c42-22-36-20-23(36)11-4-2-1-3-5-16-28(39-35(45)47-24-12-6-7-13-24)34(44)41-21-25(19-29(41)32(43)40-36)46-33-31(30-17-10-18-48-30)37-26-14-8-9-15-27(26)38-33/h4,8-11,14-15,17-18,22-25,28-29H,1-3,5-7,12-13,16,19-21H2,(H,39,45)(H,40,43)/b11-4-/t23?,25-,28+,29+,36+/m1/s1. The lowest BCUT2D eigenvalue weighted by Crippen LogP contribution is -2.55. The lowest BCUT2D eigenvalue weighted by Gasteiger charge is -2.29. The average molecular weight is 672 g/mol. The molecule has 1 unspecified atom stereocenters. The van der Waals surface area contributed by atoms with E-state index in [1.54, 1.807) is 0 Å². The number of carbonyl (C=O) groups is 4. The number of hydrogen-bond acceptors (Lipinski definition) is 9. The molecular weight excluding hydrogens is 630 g/mol. The SMILES string of the molecule is O=C[C@@]12CC1/C=C\CCCCC[C@H](NC(=O)OC1CCCC1)C(=O)N1C[C@H](Oc3nc4ccccc4nc3-c3cccs3)C[C@H]1C(=O)N2. The zero-order chi connectivity index (χ0) is 33.1. The van der Waals surface area contributed by atoms with Crippen LogP contribution in [0.15, 0.2) is 53.9 Å². The quantitative estimate of drug-likeness (QED) is 0.265. The molecule has 2 aromatic heterocycles. The molecule has 1 aromatic carbocycles. The van der Waals surface area contributed by atoms with Gasteiger partial charge in [-0.25, -0.2) is 14.8 Å². The molecule has 5 atom stereocenters. The summed E-state index contributed by atoms with van der Waals surface area (Å²) in [4.78, 5) is 65.7. The molecule has 3 fully saturated rings. The van der Waals surface area contributed by atoms with E-state index in [0.29, 0.717) is 29.9 Å². The van der Waals surface area contributed by atoms with Crippen molar-refractivity contribution in [2.45, 2.75) is 100 Å². The van der Waals surface area contributed by atoms with E-state index in [9.17, 15) is 19.2 Å². The summed E-state index contributed by atoms with van der Waals surface area (Å²) in [6.07, 6.45) is 11.7. The number of hydrogen-bond donors (Lipinski definition) is 2. The number of aromatic nitrogens is 2. The molecule has 3 amide bonds. The van der Waals surface area contributed by atoms with Gasteiger partial charge in [0.1, 0.15) is 41.8 Å². The second kappa shape index (κ2) is 14.0. The van der Waals surface area contributed by atoms with Crippen molar-refractivity contribution >= 4 is 46.6 Å². The van der Waals surface area contributed by atoms with Gasteiger partial charge >= 0.3 is 6.09 Å². The van der Waals surface area contributed by atoms with Crippen molar-refractivity contribution in [3.8, 4) is 16.5 Å². The van der Waals surface area contributed by atoms with Crippen molar-refractivity contribution in [2.24, 2.45) is 5.92 Å². The van der Waals surface area contributed by atoms with Gasteiger partial charge < -0.3 is 29.8 Å². The Balaban J connectivity index is 1.18. The van der Waals surface area contributed by atoms with Crippen molar-refractivity contribution in [1.29, 1.82) is 0 Å². The predicted octanol–water partition coefficient (Wildman–Crippen LogP) is 5.34. The number of nitrogens with zero attached hydrogens (tertiary/aromatic N) is 3. The number of aldehydes is 1. The third kappa shape index (κ3) is 6.94. The Morgan fingerprint density at radius 2 is 1.79 bits per heavy atom. The minimum absolute atomic E-state index is 0.0809. The number of ether oxygens (including phenoxy) is 2. The van der Waals surface area contributed by atoms with Crippen LogP contribution in [-0.4, -0.2) is 75.4 Å². The van der Waals surface area contributed by atoms with Crippen molar-refractivity contribution in [3.63, 3.8) is 0 Å². The van der Waals surface area contributed by atoms with E-state index < -0.39 is 35.7 Å². The fourth-order valence-electron chi connectivity index (χ4n) is 7.18. The van der Waals surface area contributed by atoms with Crippen LogP contribution in [0, 0.1) is 5.92 Å². The highest BCUT2D eigenvalue weighted by atomic mass is 32.1. The first-order valence-electron chi connectivity index (χ1n) is 17.1. The van der Waals surface area contributed by atoms with Gasteiger partial charge in [0.05, 0.1) is 22.5 Å². The van der Waals surface area contributed by atoms with Crippen molar-refractivity contribution in [3.05, 3.63) is 53.9 Å². The highest BCUT2D eigenvalue weighted by Crippen LogP contribution is 2.43. The second-order valence-electron chi connectivity index (χ2n) is 13.4. The zero-order valence-corrected chi connectivity index (χ0v) is 27.7. The van der Waals surface area contributed by atoms with E-state index in [2.05, 4.69) is 16.7 Å². The molecule has 0 bridgehead atoms. The van der Waals surface area contributed by atoms with E-state index in [-0.39, 0.29) is 30.9 Å². The number of thiophene rings is 1. The molecule has 7 rings (SSSR count). The van der Waals surface area contributed by atoms with Gasteiger partial charge in [-0.1, -0.05) is 43.2 Å². The summed E-state index contributed by atoms with van der Waals surface area (Å²) >= 11 is 1.52. The monoisotopic (exact) mass is 671 g/mol. The topological polar surface area (TPSA) is 140 Å². The van der Waals surface area contributed by atoms with Gasteiger partial charge in [-0.3, -0.25) is 9.59 Å². The lowest BCUT2D eigenvalue weighted by molar-refractivity contribution is -0.140. The molecule has 1 saturated heterocycles. The molecule has 2 aliphatic carbocycles. The smallest absolute Gasteiger partial charge is 0.408 e. The summed E-state index contributed by atoms with van der Waals surface area (Å²) in [5.41, 5.74) is 0.999. The van der Waals surface area contributed by atoms with Crippen LogP contribution in [0.3, 0.4) is 0 Å². The Morgan fingerprint density at radius 1 is 1.00 bits per heavy atom. The summed E-state index contributed by atoms with van der Waals surface area (Å²) in [5, 5.41) is 7.78. The number of para-hydroxylation sites is 2. The molecule has 0 spiro atoms. The van der Waals surface area contributed by atoms with Crippen molar-refractivity contribution < 1.29 is 28.7 Å². The van der Waals surface area contributed by atoms with E-state index in [1.165, 1.54) is 16.2 Å². The van der Waals surface area contributed by atoms with Gasteiger partial charge in [0.2, 0.25) is 17.7 Å². The van der Waals surface area contributed by atoms with Gasteiger partial charge in [-0.15, -0.1) is 11.3 Å². The fourth-order valence-corrected chi connectivity index (χ4v) is 7.88. The molecular formula is C36H41N5O6S. The summed E-state index contributed by atoms with van der Waals surface area (Å²) in [5.74, 6) is -0.540. The molecule has 11 nitrogen and oxygen atoms in total. The first-order chi connectivity index (χ1) is 23.4. The summed E-state index contributed by atoms with van der Waals surface area (Å²) in [6.45, 7) is 0.0998. The Kier molecular flexibility index (Phi) is 9.43. The predicted molar refractivity (Wildman–Crippen MR) is 180 cm³/mol. The van der Waals surface area contributed by atoms with Crippen molar-refractivity contribution in [1.82, 2.24) is 25.5 Å². The highest BCUT2D eigenvalue weighted by Gasteiger charge is 2.56. The lowest BCUT2D eigenvalue weighted by atomic mass is 10.0. The number of allylic oxidation sites excluding steroid dienone is 1. The van der Waals surface area contributed by atoms with Crippen LogP contribution < -0.4 is 15.4 Å². The number of nitrogens with one attached hydrogen (secondary N) is 2. The summed E-state index contributed by atoms with van der Waals surface area (Å²) in [6, 6.07) is 9.65. The van der Waals surface area contributed by atoms with Gasteiger partial charge in [0.15, 0.2) is 0 Å². The van der Waals surface area contributed by atoms with E-state index in [1.807, 2.05) is 47.9 Å². The van der Waals surface area contributed by atoms with Gasteiger partial charge in [-0.2, -0.15) is 0 Å². The number of amides is 3. The molecule has 12 heteroatoms. The van der Waals surface area contributed by atoms with Gasteiger partial charge in [0, 0.05) is 12.3 Å². The molecule has 3 aromatic rings. The Labute approximate surface area is 283 Å². The minimum Gasteiger partial charge on any atom is -0.471 e. The van der Waals surface area contributed by atoms with Crippen LogP contribution in [0.2, 0.25) is 0 Å².